The third-order valence-electron chi connectivity index (χ3n) is 3.13. The zero-order valence-corrected chi connectivity index (χ0v) is 11.3. The second kappa shape index (κ2) is 7.35. The Balaban J connectivity index is 2.38. The van der Waals surface area contributed by atoms with Crippen molar-refractivity contribution in [2.75, 3.05) is 40.4 Å². The first-order valence-electron chi connectivity index (χ1n) is 5.82. The molecule has 0 amide bonds. The molecular formula is C10H24N2O2Si. The van der Waals surface area contributed by atoms with Crippen molar-refractivity contribution in [3.63, 3.8) is 0 Å². The first-order valence-corrected chi connectivity index (χ1v) is 7.58. The minimum atomic E-state index is -1.40. The van der Waals surface area contributed by atoms with Crippen LogP contribution in [0.5, 0.6) is 0 Å². The van der Waals surface area contributed by atoms with Gasteiger partial charge in [0, 0.05) is 52.5 Å². The van der Waals surface area contributed by atoms with Crippen LogP contribution < -0.4 is 5.32 Å². The van der Waals surface area contributed by atoms with Gasteiger partial charge in [0.15, 0.2) is 0 Å². The summed E-state index contributed by atoms with van der Waals surface area (Å²) in [6, 6.07) is 1.74. The fourth-order valence-corrected chi connectivity index (χ4v) is 3.79. The normalized spacial score (nSPS) is 20.8. The summed E-state index contributed by atoms with van der Waals surface area (Å²) in [5.74, 6) is 0. The van der Waals surface area contributed by atoms with Gasteiger partial charge in [-0.05, 0) is 6.42 Å². The van der Waals surface area contributed by atoms with E-state index in [0.717, 1.165) is 32.2 Å². The fourth-order valence-electron chi connectivity index (χ4n) is 2.13. The molecule has 1 aliphatic rings. The van der Waals surface area contributed by atoms with Crippen LogP contribution in [0.2, 0.25) is 6.04 Å². The van der Waals surface area contributed by atoms with Crippen molar-refractivity contribution in [2.45, 2.75) is 25.4 Å². The van der Waals surface area contributed by atoms with Crippen LogP contribution in [0.25, 0.3) is 0 Å². The molecule has 0 aromatic heterocycles. The van der Waals surface area contributed by atoms with E-state index in [-0.39, 0.29) is 0 Å². The highest BCUT2D eigenvalue weighted by atomic mass is 28.3. The van der Waals surface area contributed by atoms with Crippen LogP contribution in [0.15, 0.2) is 0 Å². The van der Waals surface area contributed by atoms with Crippen LogP contribution in [0, 0.1) is 0 Å². The molecule has 0 aliphatic carbocycles. The Bertz CT molecular complexity index is 162. The maximum atomic E-state index is 5.40. The van der Waals surface area contributed by atoms with E-state index in [0.29, 0.717) is 6.04 Å². The van der Waals surface area contributed by atoms with Gasteiger partial charge in [-0.25, -0.2) is 0 Å². The van der Waals surface area contributed by atoms with Gasteiger partial charge in [-0.2, -0.15) is 0 Å². The summed E-state index contributed by atoms with van der Waals surface area (Å²) in [6.45, 7) is 6.80. The molecule has 90 valence electrons. The monoisotopic (exact) mass is 232 g/mol. The van der Waals surface area contributed by atoms with Crippen molar-refractivity contribution in [1.29, 1.82) is 0 Å². The fraction of sp³-hybridized carbons (Fsp3) is 1.00. The molecule has 0 saturated carbocycles. The Morgan fingerprint density at radius 1 is 1.27 bits per heavy atom. The highest BCUT2D eigenvalue weighted by Gasteiger charge is 2.23. The number of piperazine rings is 1. The van der Waals surface area contributed by atoms with E-state index in [2.05, 4.69) is 17.1 Å². The Morgan fingerprint density at radius 3 is 2.33 bits per heavy atom. The molecule has 1 rings (SSSR count). The van der Waals surface area contributed by atoms with E-state index in [1.807, 2.05) is 0 Å². The van der Waals surface area contributed by atoms with Crippen molar-refractivity contribution in [3.05, 3.63) is 0 Å². The van der Waals surface area contributed by atoms with Crippen molar-refractivity contribution >= 4 is 9.28 Å². The lowest BCUT2D eigenvalue weighted by Gasteiger charge is -2.35. The van der Waals surface area contributed by atoms with Crippen LogP contribution in [0.1, 0.15) is 13.3 Å². The molecule has 1 N–H and O–H groups in total. The highest BCUT2D eigenvalue weighted by Crippen LogP contribution is 2.13. The topological polar surface area (TPSA) is 33.7 Å². The first-order chi connectivity index (χ1) is 7.31. The second-order valence-electron chi connectivity index (χ2n) is 3.98. The minimum Gasteiger partial charge on any atom is -0.400 e. The molecule has 15 heavy (non-hydrogen) atoms. The predicted octanol–water partition coefficient (Wildman–Crippen LogP) is 0.184. The van der Waals surface area contributed by atoms with Crippen LogP contribution in [-0.2, 0) is 8.85 Å². The third-order valence-corrected chi connectivity index (χ3v) is 5.11. The lowest BCUT2D eigenvalue weighted by Crippen LogP contribution is -2.49. The number of rotatable bonds is 6. The second-order valence-corrected chi connectivity index (χ2v) is 6.26. The van der Waals surface area contributed by atoms with E-state index in [9.17, 15) is 0 Å². The van der Waals surface area contributed by atoms with E-state index in [1.54, 1.807) is 14.2 Å². The maximum Gasteiger partial charge on any atom is 0.322 e. The molecule has 1 atom stereocenters. The van der Waals surface area contributed by atoms with Crippen molar-refractivity contribution < 1.29 is 8.85 Å². The van der Waals surface area contributed by atoms with Gasteiger partial charge in [0.25, 0.3) is 0 Å². The zero-order chi connectivity index (χ0) is 11.1. The van der Waals surface area contributed by atoms with Crippen LogP contribution in [0.3, 0.4) is 0 Å². The highest BCUT2D eigenvalue weighted by molar-refractivity contribution is 6.44. The average molecular weight is 232 g/mol. The molecule has 0 aromatic rings. The van der Waals surface area contributed by atoms with E-state index in [4.69, 9.17) is 8.85 Å². The van der Waals surface area contributed by atoms with Gasteiger partial charge in [0.1, 0.15) is 0 Å². The average Bonchev–Trinajstić information content (AvgIpc) is 2.32. The van der Waals surface area contributed by atoms with Crippen LogP contribution in [0.4, 0.5) is 0 Å². The van der Waals surface area contributed by atoms with Crippen molar-refractivity contribution in [2.24, 2.45) is 0 Å². The SMILES string of the molecule is CCC(C[SiH](OC)OC)N1CCNCC1. The Morgan fingerprint density at radius 2 is 1.87 bits per heavy atom. The number of hydrogen-bond acceptors (Lipinski definition) is 4. The molecule has 0 aromatic carbocycles. The van der Waals surface area contributed by atoms with Crippen molar-refractivity contribution in [1.82, 2.24) is 10.2 Å². The third kappa shape index (κ3) is 4.20. The summed E-state index contributed by atoms with van der Waals surface area (Å²) < 4.78 is 10.8. The van der Waals surface area contributed by atoms with Crippen molar-refractivity contribution in [3.8, 4) is 0 Å². The molecule has 5 heteroatoms. The first kappa shape index (κ1) is 13.1. The molecule has 0 radical (unpaired) electrons. The number of hydrogen-bond donors (Lipinski definition) is 1. The molecule has 1 unspecified atom stereocenters. The molecule has 1 fully saturated rings. The standard InChI is InChI=1S/C10H24N2O2Si/c1-4-10(9-15(13-2)14-3)12-7-5-11-6-8-12/h10-11,15H,4-9H2,1-3H3. The summed E-state index contributed by atoms with van der Waals surface area (Å²) in [7, 11) is 2.14. The van der Waals surface area contributed by atoms with Gasteiger partial charge in [0.2, 0.25) is 0 Å². The lowest BCUT2D eigenvalue weighted by molar-refractivity contribution is 0.167. The van der Waals surface area contributed by atoms with E-state index in [1.165, 1.54) is 6.42 Å². The van der Waals surface area contributed by atoms with Gasteiger partial charge in [-0.15, -0.1) is 0 Å². The molecule has 1 heterocycles. The van der Waals surface area contributed by atoms with Crippen LogP contribution >= 0.6 is 0 Å². The smallest absolute Gasteiger partial charge is 0.322 e. The number of nitrogens with one attached hydrogen (secondary N) is 1. The molecule has 0 spiro atoms. The summed E-state index contributed by atoms with van der Waals surface area (Å²) >= 11 is 0. The largest absolute Gasteiger partial charge is 0.400 e. The Hall–Kier alpha value is 0.0569. The molecule has 4 nitrogen and oxygen atoms in total. The van der Waals surface area contributed by atoms with Gasteiger partial charge in [0.05, 0.1) is 0 Å². The zero-order valence-electron chi connectivity index (χ0n) is 10.2. The molecule has 1 saturated heterocycles. The summed E-state index contributed by atoms with van der Waals surface area (Å²) in [4.78, 5) is 2.56. The summed E-state index contributed by atoms with van der Waals surface area (Å²) in [5.41, 5.74) is 0. The van der Waals surface area contributed by atoms with E-state index < -0.39 is 9.28 Å². The van der Waals surface area contributed by atoms with Crippen LogP contribution in [-0.4, -0.2) is 60.6 Å². The summed E-state index contributed by atoms with van der Waals surface area (Å²) in [6.07, 6.45) is 1.19. The molecule has 0 bridgehead atoms. The van der Waals surface area contributed by atoms with Gasteiger partial charge < -0.3 is 14.2 Å². The molecule has 1 aliphatic heterocycles. The van der Waals surface area contributed by atoms with Gasteiger partial charge in [-0.1, -0.05) is 6.92 Å². The maximum absolute atomic E-state index is 5.40. The lowest BCUT2D eigenvalue weighted by atomic mass is 10.2. The van der Waals surface area contributed by atoms with Gasteiger partial charge >= 0.3 is 9.28 Å². The predicted molar refractivity (Wildman–Crippen MR) is 64.5 cm³/mol. The Kier molecular flexibility index (Phi) is 6.43. The van der Waals surface area contributed by atoms with Gasteiger partial charge in [-0.3, -0.25) is 4.90 Å². The Labute approximate surface area is 94.8 Å². The quantitative estimate of drug-likeness (QED) is 0.663. The van der Waals surface area contributed by atoms with E-state index >= 15 is 0 Å². The molecular weight excluding hydrogens is 208 g/mol. The minimum absolute atomic E-state index is 0.642. The number of nitrogens with zero attached hydrogens (tertiary/aromatic N) is 1. The summed E-state index contributed by atoms with van der Waals surface area (Å²) in [5, 5.41) is 3.38.